The highest BCUT2D eigenvalue weighted by Crippen LogP contribution is 2.15. The first-order valence-corrected chi connectivity index (χ1v) is 6.74. The van der Waals surface area contributed by atoms with Crippen molar-refractivity contribution in [1.82, 2.24) is 5.32 Å². The third-order valence-corrected chi connectivity index (χ3v) is 3.12. The topological polar surface area (TPSA) is 71.3 Å². The van der Waals surface area contributed by atoms with Crippen LogP contribution in [0.15, 0.2) is 47.1 Å². The Labute approximate surface area is 123 Å². The van der Waals surface area contributed by atoms with Crippen molar-refractivity contribution in [3.8, 4) is 0 Å². The zero-order valence-electron chi connectivity index (χ0n) is 12.1. The van der Waals surface area contributed by atoms with E-state index in [0.717, 1.165) is 5.76 Å². The molecule has 2 rings (SSSR count). The molecule has 0 saturated heterocycles. The molecule has 0 fully saturated rings. The van der Waals surface area contributed by atoms with Crippen LogP contribution in [-0.4, -0.2) is 18.2 Å². The van der Waals surface area contributed by atoms with Crippen LogP contribution < -0.4 is 10.6 Å². The van der Waals surface area contributed by atoms with Crippen molar-refractivity contribution in [2.24, 2.45) is 0 Å². The zero-order valence-corrected chi connectivity index (χ0v) is 12.1. The molecule has 1 aromatic carbocycles. The molecule has 1 heterocycles. The molecule has 0 spiro atoms. The third kappa shape index (κ3) is 4.03. The van der Waals surface area contributed by atoms with Crippen LogP contribution in [0.5, 0.6) is 0 Å². The van der Waals surface area contributed by atoms with E-state index in [1.54, 1.807) is 36.6 Å². The van der Waals surface area contributed by atoms with Gasteiger partial charge in [0, 0.05) is 5.56 Å². The molecule has 0 saturated carbocycles. The Kier molecular flexibility index (Phi) is 4.90. The van der Waals surface area contributed by atoms with Crippen molar-refractivity contribution in [3.05, 3.63) is 54.0 Å². The molecule has 1 atom stereocenters. The molecule has 0 bridgehead atoms. The number of furan rings is 1. The molecule has 0 aliphatic carbocycles. The largest absolute Gasteiger partial charge is 0.468 e. The van der Waals surface area contributed by atoms with E-state index in [-0.39, 0.29) is 24.3 Å². The van der Waals surface area contributed by atoms with Gasteiger partial charge in [-0.15, -0.1) is 0 Å². The van der Waals surface area contributed by atoms with Gasteiger partial charge >= 0.3 is 0 Å². The summed E-state index contributed by atoms with van der Waals surface area (Å²) in [6.07, 6.45) is 1.59. The summed E-state index contributed by atoms with van der Waals surface area (Å²) in [5, 5.41) is 5.80. The highest BCUT2D eigenvalue weighted by atomic mass is 16.3. The molecule has 0 radical (unpaired) electrons. The number of Topliss-reactive ketones (excluding diaryl/α,β-unsaturated/α-hetero) is 1. The standard InChI is InChI=1S/C16H18N2O3/c1-11(15-8-5-9-21-15)17-10-16(20)18-14-7-4-3-6-13(14)12(2)19/h3-9,11,17H,10H2,1-2H3,(H,18,20)/t11-/m0/s1. The van der Waals surface area contributed by atoms with Crippen LogP contribution in [0.3, 0.4) is 0 Å². The average molecular weight is 286 g/mol. The second-order valence-electron chi connectivity index (χ2n) is 4.77. The molecular formula is C16H18N2O3. The van der Waals surface area contributed by atoms with Crippen LogP contribution in [0.4, 0.5) is 5.69 Å². The lowest BCUT2D eigenvalue weighted by molar-refractivity contribution is -0.115. The number of ketones is 1. The predicted octanol–water partition coefficient (Wildman–Crippen LogP) is 2.77. The van der Waals surface area contributed by atoms with E-state index in [9.17, 15) is 9.59 Å². The molecule has 5 heteroatoms. The normalized spacial score (nSPS) is 11.9. The molecule has 2 N–H and O–H groups in total. The predicted molar refractivity (Wildman–Crippen MR) is 80.2 cm³/mol. The number of carbonyl (C=O) groups excluding carboxylic acids is 2. The van der Waals surface area contributed by atoms with Gasteiger partial charge in [0.2, 0.25) is 5.91 Å². The van der Waals surface area contributed by atoms with Crippen LogP contribution in [0, 0.1) is 0 Å². The number of hydrogen-bond acceptors (Lipinski definition) is 4. The summed E-state index contributed by atoms with van der Waals surface area (Å²) in [6.45, 7) is 3.52. The third-order valence-electron chi connectivity index (χ3n) is 3.12. The van der Waals surface area contributed by atoms with Gasteiger partial charge in [0.1, 0.15) is 5.76 Å². The fourth-order valence-corrected chi connectivity index (χ4v) is 1.98. The Hall–Kier alpha value is -2.40. The number of benzene rings is 1. The number of nitrogens with one attached hydrogen (secondary N) is 2. The van der Waals surface area contributed by atoms with Gasteiger partial charge in [-0.05, 0) is 38.1 Å². The summed E-state index contributed by atoms with van der Waals surface area (Å²) in [4.78, 5) is 23.4. The first-order chi connectivity index (χ1) is 10.1. The second-order valence-corrected chi connectivity index (χ2v) is 4.77. The molecule has 21 heavy (non-hydrogen) atoms. The van der Waals surface area contributed by atoms with Gasteiger partial charge in [0.25, 0.3) is 0 Å². The van der Waals surface area contributed by atoms with Crippen LogP contribution in [0.1, 0.15) is 36.0 Å². The highest BCUT2D eigenvalue weighted by molar-refractivity contribution is 6.04. The summed E-state index contributed by atoms with van der Waals surface area (Å²) in [7, 11) is 0. The van der Waals surface area contributed by atoms with Crippen LogP contribution in [0.2, 0.25) is 0 Å². The van der Waals surface area contributed by atoms with E-state index < -0.39 is 0 Å². The minimum Gasteiger partial charge on any atom is -0.468 e. The molecule has 1 aromatic heterocycles. The van der Waals surface area contributed by atoms with E-state index in [1.807, 2.05) is 13.0 Å². The number of anilines is 1. The van der Waals surface area contributed by atoms with Gasteiger partial charge in [-0.25, -0.2) is 0 Å². The smallest absolute Gasteiger partial charge is 0.238 e. The van der Waals surface area contributed by atoms with E-state index in [0.29, 0.717) is 11.3 Å². The Morgan fingerprint density at radius 3 is 2.62 bits per heavy atom. The van der Waals surface area contributed by atoms with Gasteiger partial charge in [0.05, 0.1) is 24.5 Å². The minimum absolute atomic E-state index is 0.0613. The summed E-state index contributed by atoms with van der Waals surface area (Å²) >= 11 is 0. The summed E-state index contributed by atoms with van der Waals surface area (Å²) in [5.41, 5.74) is 1.03. The lowest BCUT2D eigenvalue weighted by Crippen LogP contribution is -2.30. The van der Waals surface area contributed by atoms with Gasteiger partial charge in [0.15, 0.2) is 5.78 Å². The van der Waals surface area contributed by atoms with Crippen molar-refractivity contribution >= 4 is 17.4 Å². The van der Waals surface area contributed by atoms with E-state index >= 15 is 0 Å². The van der Waals surface area contributed by atoms with Gasteiger partial charge in [-0.2, -0.15) is 0 Å². The van der Waals surface area contributed by atoms with Crippen LogP contribution in [0.25, 0.3) is 0 Å². The maximum atomic E-state index is 11.9. The minimum atomic E-state index is -0.206. The molecule has 2 aromatic rings. The number of amides is 1. The van der Waals surface area contributed by atoms with E-state index in [4.69, 9.17) is 4.42 Å². The Balaban J connectivity index is 1.92. The summed E-state index contributed by atoms with van der Waals surface area (Å²) < 4.78 is 5.26. The van der Waals surface area contributed by atoms with Crippen LogP contribution in [-0.2, 0) is 4.79 Å². The number of para-hydroxylation sites is 1. The highest BCUT2D eigenvalue weighted by Gasteiger charge is 2.12. The quantitative estimate of drug-likeness (QED) is 0.801. The Morgan fingerprint density at radius 2 is 1.95 bits per heavy atom. The maximum absolute atomic E-state index is 11.9. The van der Waals surface area contributed by atoms with E-state index in [1.165, 1.54) is 6.92 Å². The number of rotatable bonds is 6. The van der Waals surface area contributed by atoms with Gasteiger partial charge < -0.3 is 9.73 Å². The molecule has 0 aliphatic rings. The fraction of sp³-hybridized carbons (Fsp3) is 0.250. The lowest BCUT2D eigenvalue weighted by atomic mass is 10.1. The molecular weight excluding hydrogens is 268 g/mol. The Bertz CT molecular complexity index is 620. The molecule has 0 aliphatic heterocycles. The average Bonchev–Trinajstić information content (AvgIpc) is 2.99. The van der Waals surface area contributed by atoms with Crippen molar-refractivity contribution in [3.63, 3.8) is 0 Å². The maximum Gasteiger partial charge on any atom is 0.238 e. The summed E-state index contributed by atoms with van der Waals surface area (Å²) in [5.74, 6) is 0.483. The van der Waals surface area contributed by atoms with E-state index in [2.05, 4.69) is 10.6 Å². The number of carbonyl (C=O) groups is 2. The molecule has 1 amide bonds. The number of hydrogen-bond donors (Lipinski definition) is 2. The molecule has 5 nitrogen and oxygen atoms in total. The first kappa shape index (κ1) is 15.0. The second kappa shape index (κ2) is 6.85. The van der Waals surface area contributed by atoms with Crippen molar-refractivity contribution in [2.45, 2.75) is 19.9 Å². The van der Waals surface area contributed by atoms with Gasteiger partial charge in [-0.1, -0.05) is 12.1 Å². The monoisotopic (exact) mass is 286 g/mol. The van der Waals surface area contributed by atoms with Gasteiger partial charge in [-0.3, -0.25) is 14.9 Å². The van der Waals surface area contributed by atoms with Crippen LogP contribution >= 0.6 is 0 Å². The Morgan fingerprint density at radius 1 is 1.19 bits per heavy atom. The van der Waals surface area contributed by atoms with Crippen molar-refractivity contribution in [1.29, 1.82) is 0 Å². The summed E-state index contributed by atoms with van der Waals surface area (Å²) in [6, 6.07) is 10.5. The first-order valence-electron chi connectivity index (χ1n) is 6.74. The van der Waals surface area contributed by atoms with Crippen molar-refractivity contribution in [2.75, 3.05) is 11.9 Å². The fourth-order valence-electron chi connectivity index (χ4n) is 1.98. The molecule has 0 unspecified atom stereocenters. The lowest BCUT2D eigenvalue weighted by Gasteiger charge is -2.12. The SMILES string of the molecule is CC(=O)c1ccccc1NC(=O)CN[C@@H](C)c1ccco1. The molecule has 110 valence electrons. The zero-order chi connectivity index (χ0) is 15.2. The van der Waals surface area contributed by atoms with Crippen molar-refractivity contribution < 1.29 is 14.0 Å².